The molecular weight excluding hydrogens is 322 g/mol. The molecule has 4 rings (SSSR count). The maximum Gasteiger partial charge on any atom is 0.107 e. The lowest BCUT2D eigenvalue weighted by atomic mass is 10.1. The molecule has 0 radical (unpaired) electrons. The SMILES string of the molecule is c1cncc(COCC2CC3OCCN(Cc4nccs4)C3C2)c1. The molecule has 0 bridgehead atoms. The molecule has 2 aromatic heterocycles. The van der Waals surface area contributed by atoms with E-state index < -0.39 is 0 Å². The standard InChI is InChI=1S/C18H23N3O2S/c1-2-14(10-19-3-1)12-22-13-15-8-16-17(9-15)23-6-5-21(16)11-18-20-4-7-24-18/h1-4,7,10,15-17H,5-6,8-9,11-13H2. The number of aromatic nitrogens is 2. The average molecular weight is 345 g/mol. The van der Waals surface area contributed by atoms with E-state index in [1.165, 1.54) is 5.01 Å². The van der Waals surface area contributed by atoms with E-state index in [4.69, 9.17) is 9.47 Å². The minimum Gasteiger partial charge on any atom is -0.376 e. The molecule has 3 atom stereocenters. The van der Waals surface area contributed by atoms with Crippen molar-refractivity contribution in [2.24, 2.45) is 5.92 Å². The molecule has 0 N–H and O–H groups in total. The molecule has 6 heteroatoms. The van der Waals surface area contributed by atoms with E-state index in [0.29, 0.717) is 24.7 Å². The lowest BCUT2D eigenvalue weighted by molar-refractivity contribution is -0.0591. The zero-order valence-corrected chi connectivity index (χ0v) is 14.5. The molecule has 2 fully saturated rings. The predicted molar refractivity (Wildman–Crippen MR) is 92.7 cm³/mol. The van der Waals surface area contributed by atoms with E-state index in [1.54, 1.807) is 17.5 Å². The number of thiazole rings is 1. The predicted octanol–water partition coefficient (Wildman–Crippen LogP) is 2.73. The molecule has 1 saturated heterocycles. The van der Waals surface area contributed by atoms with Crippen molar-refractivity contribution < 1.29 is 9.47 Å². The Morgan fingerprint density at radius 2 is 2.33 bits per heavy atom. The molecule has 1 aliphatic heterocycles. The Balaban J connectivity index is 1.29. The third kappa shape index (κ3) is 3.83. The second-order valence-corrected chi connectivity index (χ2v) is 7.57. The summed E-state index contributed by atoms with van der Waals surface area (Å²) in [5.74, 6) is 0.577. The maximum atomic E-state index is 6.02. The minimum atomic E-state index is 0.353. The summed E-state index contributed by atoms with van der Waals surface area (Å²) >= 11 is 1.74. The molecule has 2 aromatic rings. The van der Waals surface area contributed by atoms with Crippen molar-refractivity contribution >= 4 is 11.3 Å². The van der Waals surface area contributed by atoms with Gasteiger partial charge in [-0.05, 0) is 30.4 Å². The number of nitrogens with zero attached hydrogens (tertiary/aromatic N) is 3. The lowest BCUT2D eigenvalue weighted by Gasteiger charge is -2.37. The Morgan fingerprint density at radius 1 is 1.33 bits per heavy atom. The second-order valence-electron chi connectivity index (χ2n) is 6.59. The molecule has 5 nitrogen and oxygen atoms in total. The second kappa shape index (κ2) is 7.70. The molecule has 128 valence electrons. The highest BCUT2D eigenvalue weighted by Crippen LogP contribution is 2.35. The molecular formula is C18H23N3O2S. The summed E-state index contributed by atoms with van der Waals surface area (Å²) < 4.78 is 11.9. The Morgan fingerprint density at radius 3 is 3.17 bits per heavy atom. The zero-order chi connectivity index (χ0) is 16.2. The first-order valence-electron chi connectivity index (χ1n) is 8.59. The van der Waals surface area contributed by atoms with Gasteiger partial charge < -0.3 is 9.47 Å². The minimum absolute atomic E-state index is 0.353. The summed E-state index contributed by atoms with van der Waals surface area (Å²) in [5.41, 5.74) is 1.13. The van der Waals surface area contributed by atoms with Gasteiger partial charge in [-0.3, -0.25) is 9.88 Å². The number of rotatable bonds is 6. The van der Waals surface area contributed by atoms with E-state index >= 15 is 0 Å². The van der Waals surface area contributed by atoms with E-state index in [-0.39, 0.29) is 0 Å². The fourth-order valence-electron chi connectivity index (χ4n) is 3.79. The molecule has 1 aliphatic carbocycles. The summed E-state index contributed by atoms with van der Waals surface area (Å²) in [4.78, 5) is 11.1. The molecule has 3 unspecified atom stereocenters. The Hall–Kier alpha value is -1.34. The lowest BCUT2D eigenvalue weighted by Crippen LogP contribution is -2.47. The van der Waals surface area contributed by atoms with Gasteiger partial charge >= 0.3 is 0 Å². The van der Waals surface area contributed by atoms with Gasteiger partial charge in [-0.2, -0.15) is 0 Å². The molecule has 0 amide bonds. The normalized spacial score (nSPS) is 27.2. The van der Waals surface area contributed by atoms with Gasteiger partial charge in [-0.15, -0.1) is 11.3 Å². The number of morpholine rings is 1. The van der Waals surface area contributed by atoms with Crippen LogP contribution in [0.1, 0.15) is 23.4 Å². The summed E-state index contributed by atoms with van der Waals surface area (Å²) in [6, 6.07) is 4.52. The number of hydrogen-bond acceptors (Lipinski definition) is 6. The Labute approximate surface area is 146 Å². The number of fused-ring (bicyclic) bond motifs is 1. The van der Waals surface area contributed by atoms with Crippen LogP contribution in [0.4, 0.5) is 0 Å². The summed E-state index contributed by atoms with van der Waals surface area (Å²) in [7, 11) is 0. The number of hydrogen-bond donors (Lipinski definition) is 0. The van der Waals surface area contributed by atoms with Crippen molar-refractivity contribution in [2.45, 2.75) is 38.1 Å². The number of pyridine rings is 1. The monoisotopic (exact) mass is 345 g/mol. The van der Waals surface area contributed by atoms with Gasteiger partial charge in [0.05, 0.1) is 25.9 Å². The first-order valence-corrected chi connectivity index (χ1v) is 9.47. The van der Waals surface area contributed by atoms with Gasteiger partial charge in [0, 0.05) is 43.2 Å². The van der Waals surface area contributed by atoms with Crippen LogP contribution in [0.15, 0.2) is 36.1 Å². The van der Waals surface area contributed by atoms with Crippen molar-refractivity contribution in [1.82, 2.24) is 14.9 Å². The largest absolute Gasteiger partial charge is 0.376 e. The van der Waals surface area contributed by atoms with Gasteiger partial charge in [0.15, 0.2) is 0 Å². The molecule has 3 heterocycles. The van der Waals surface area contributed by atoms with E-state index in [9.17, 15) is 0 Å². The Kier molecular flexibility index (Phi) is 5.18. The van der Waals surface area contributed by atoms with Crippen molar-refractivity contribution in [3.8, 4) is 0 Å². The first-order chi connectivity index (χ1) is 11.9. The van der Waals surface area contributed by atoms with Crippen LogP contribution in [0, 0.1) is 5.92 Å². The highest BCUT2D eigenvalue weighted by Gasteiger charge is 2.41. The smallest absolute Gasteiger partial charge is 0.107 e. The van der Waals surface area contributed by atoms with Crippen LogP contribution in [-0.2, 0) is 22.6 Å². The summed E-state index contributed by atoms with van der Waals surface area (Å²) in [6.07, 6.45) is 8.16. The maximum absolute atomic E-state index is 6.02. The van der Waals surface area contributed by atoms with Crippen molar-refractivity contribution in [3.05, 3.63) is 46.7 Å². The first kappa shape index (κ1) is 16.1. The third-order valence-electron chi connectivity index (χ3n) is 4.92. The van der Waals surface area contributed by atoms with E-state index in [2.05, 4.69) is 26.3 Å². The highest BCUT2D eigenvalue weighted by atomic mass is 32.1. The van der Waals surface area contributed by atoms with Crippen LogP contribution in [0.5, 0.6) is 0 Å². The van der Waals surface area contributed by atoms with Gasteiger partial charge in [0.1, 0.15) is 5.01 Å². The van der Waals surface area contributed by atoms with Gasteiger partial charge in [-0.25, -0.2) is 4.98 Å². The van der Waals surface area contributed by atoms with Crippen LogP contribution in [0.3, 0.4) is 0 Å². The fraction of sp³-hybridized carbons (Fsp3) is 0.556. The number of ether oxygens (including phenoxy) is 2. The van der Waals surface area contributed by atoms with E-state index in [0.717, 1.165) is 44.7 Å². The van der Waals surface area contributed by atoms with Crippen LogP contribution < -0.4 is 0 Å². The van der Waals surface area contributed by atoms with E-state index in [1.807, 2.05) is 18.5 Å². The molecule has 0 spiro atoms. The van der Waals surface area contributed by atoms with Crippen LogP contribution in [0.25, 0.3) is 0 Å². The summed E-state index contributed by atoms with van der Waals surface area (Å²) in [6.45, 7) is 4.23. The van der Waals surface area contributed by atoms with Crippen LogP contribution in [-0.4, -0.2) is 46.8 Å². The third-order valence-corrected chi connectivity index (χ3v) is 5.68. The molecule has 24 heavy (non-hydrogen) atoms. The molecule has 0 aromatic carbocycles. The van der Waals surface area contributed by atoms with Gasteiger partial charge in [-0.1, -0.05) is 6.07 Å². The van der Waals surface area contributed by atoms with Crippen LogP contribution in [0.2, 0.25) is 0 Å². The average Bonchev–Trinajstić information content (AvgIpc) is 3.26. The topological polar surface area (TPSA) is 47.5 Å². The van der Waals surface area contributed by atoms with Crippen molar-refractivity contribution in [2.75, 3.05) is 19.8 Å². The summed E-state index contributed by atoms with van der Waals surface area (Å²) in [5, 5.41) is 3.25. The molecule has 1 saturated carbocycles. The quantitative estimate of drug-likeness (QED) is 0.806. The van der Waals surface area contributed by atoms with Crippen molar-refractivity contribution in [3.63, 3.8) is 0 Å². The fourth-order valence-corrected chi connectivity index (χ4v) is 4.43. The van der Waals surface area contributed by atoms with Gasteiger partial charge in [0.2, 0.25) is 0 Å². The van der Waals surface area contributed by atoms with Crippen molar-refractivity contribution in [1.29, 1.82) is 0 Å². The van der Waals surface area contributed by atoms with Crippen LogP contribution >= 0.6 is 11.3 Å². The highest BCUT2D eigenvalue weighted by molar-refractivity contribution is 7.09. The zero-order valence-electron chi connectivity index (χ0n) is 13.7. The van der Waals surface area contributed by atoms with Gasteiger partial charge in [0.25, 0.3) is 0 Å². The Bertz CT molecular complexity index is 622. The molecule has 2 aliphatic rings.